The molecule has 1 heterocycles. The third kappa shape index (κ3) is 5.57. The predicted molar refractivity (Wildman–Crippen MR) is 116 cm³/mol. The Morgan fingerprint density at radius 3 is 2.48 bits per heavy atom. The summed E-state index contributed by atoms with van der Waals surface area (Å²) in [7, 11) is -3.74. The standard InChI is InChI=1S/C22H31N3O3S/c1-3-4-5-18-7-9-19(10-8-18)24-29(27,28)20-11-6-17(2)21(16-20)22(26)25-14-12-23-13-15-25/h6-11,16,22-24,26H,3-5,12-15H2,1-2H3. The van der Waals surface area contributed by atoms with Crippen LogP contribution in [0.3, 0.4) is 0 Å². The van der Waals surface area contributed by atoms with Crippen LogP contribution in [-0.2, 0) is 16.4 Å². The molecule has 0 aliphatic carbocycles. The molecule has 1 saturated heterocycles. The third-order valence-electron chi connectivity index (χ3n) is 5.36. The van der Waals surface area contributed by atoms with Gasteiger partial charge in [0.25, 0.3) is 10.0 Å². The number of anilines is 1. The number of aliphatic hydroxyl groups excluding tert-OH is 1. The molecule has 0 saturated carbocycles. The highest BCUT2D eigenvalue weighted by molar-refractivity contribution is 7.92. The lowest BCUT2D eigenvalue weighted by atomic mass is 10.1. The lowest BCUT2D eigenvalue weighted by Crippen LogP contribution is -2.45. The molecule has 1 unspecified atom stereocenters. The zero-order valence-electron chi connectivity index (χ0n) is 17.2. The van der Waals surface area contributed by atoms with Crippen LogP contribution in [0.4, 0.5) is 5.69 Å². The van der Waals surface area contributed by atoms with Crippen LogP contribution in [0.1, 0.15) is 42.7 Å². The van der Waals surface area contributed by atoms with Gasteiger partial charge in [0, 0.05) is 31.9 Å². The first-order chi connectivity index (χ1) is 13.9. The summed E-state index contributed by atoms with van der Waals surface area (Å²) in [6, 6.07) is 12.4. The molecule has 0 radical (unpaired) electrons. The molecule has 0 amide bonds. The Hall–Kier alpha value is -1.93. The van der Waals surface area contributed by atoms with Crippen LogP contribution in [0.2, 0.25) is 0 Å². The van der Waals surface area contributed by atoms with Crippen molar-refractivity contribution in [1.29, 1.82) is 0 Å². The fourth-order valence-electron chi connectivity index (χ4n) is 3.52. The number of rotatable bonds is 8. The van der Waals surface area contributed by atoms with Crippen LogP contribution < -0.4 is 10.0 Å². The van der Waals surface area contributed by atoms with Crippen LogP contribution in [0.15, 0.2) is 47.4 Å². The minimum atomic E-state index is -3.74. The van der Waals surface area contributed by atoms with E-state index in [2.05, 4.69) is 17.0 Å². The SMILES string of the molecule is CCCCc1ccc(NS(=O)(=O)c2ccc(C)c(C(O)N3CCNCC3)c2)cc1. The average Bonchev–Trinajstić information content (AvgIpc) is 2.73. The normalized spacial score (nSPS) is 16.5. The molecular weight excluding hydrogens is 386 g/mol. The monoisotopic (exact) mass is 417 g/mol. The summed E-state index contributed by atoms with van der Waals surface area (Å²) < 4.78 is 28.5. The summed E-state index contributed by atoms with van der Waals surface area (Å²) in [4.78, 5) is 2.11. The van der Waals surface area contributed by atoms with Crippen molar-refractivity contribution in [1.82, 2.24) is 10.2 Å². The third-order valence-corrected chi connectivity index (χ3v) is 6.74. The highest BCUT2D eigenvalue weighted by Gasteiger charge is 2.23. The number of hydrogen-bond donors (Lipinski definition) is 3. The van der Waals surface area contributed by atoms with Crippen molar-refractivity contribution in [3.8, 4) is 0 Å². The smallest absolute Gasteiger partial charge is 0.261 e. The van der Waals surface area contributed by atoms with Crippen molar-refractivity contribution >= 4 is 15.7 Å². The first-order valence-electron chi connectivity index (χ1n) is 10.3. The van der Waals surface area contributed by atoms with Crippen molar-refractivity contribution in [2.45, 2.75) is 44.2 Å². The largest absolute Gasteiger partial charge is 0.374 e. The molecule has 29 heavy (non-hydrogen) atoms. The molecule has 1 fully saturated rings. The van der Waals surface area contributed by atoms with Crippen LogP contribution in [-0.4, -0.2) is 44.6 Å². The maximum Gasteiger partial charge on any atom is 0.261 e. The summed E-state index contributed by atoms with van der Waals surface area (Å²) >= 11 is 0. The Kier molecular flexibility index (Phi) is 7.29. The van der Waals surface area contributed by atoms with Gasteiger partial charge in [-0.1, -0.05) is 31.5 Å². The molecule has 1 aliphatic rings. The summed E-state index contributed by atoms with van der Waals surface area (Å²) in [5.41, 5.74) is 3.24. The van der Waals surface area contributed by atoms with Crippen LogP contribution in [0, 0.1) is 6.92 Å². The fourth-order valence-corrected chi connectivity index (χ4v) is 4.62. The van der Waals surface area contributed by atoms with Crippen LogP contribution in [0.5, 0.6) is 0 Å². The predicted octanol–water partition coefficient (Wildman–Crippen LogP) is 3.03. The molecular formula is C22H31N3O3S. The van der Waals surface area contributed by atoms with Crippen LogP contribution in [0.25, 0.3) is 0 Å². The van der Waals surface area contributed by atoms with Crippen molar-refractivity contribution < 1.29 is 13.5 Å². The number of aliphatic hydroxyl groups is 1. The highest BCUT2D eigenvalue weighted by atomic mass is 32.2. The van der Waals surface area contributed by atoms with Gasteiger partial charge in [-0.15, -0.1) is 0 Å². The molecule has 2 aromatic rings. The van der Waals surface area contributed by atoms with Crippen LogP contribution >= 0.6 is 0 Å². The Bertz CT molecular complexity index is 907. The summed E-state index contributed by atoms with van der Waals surface area (Å²) in [6.07, 6.45) is 2.43. The van der Waals surface area contributed by atoms with E-state index in [1.165, 1.54) is 5.56 Å². The number of aryl methyl sites for hydroxylation is 2. The first-order valence-corrected chi connectivity index (χ1v) is 11.7. The number of sulfonamides is 1. The van der Waals surface area contributed by atoms with Gasteiger partial charge in [0.1, 0.15) is 6.23 Å². The number of benzene rings is 2. The maximum atomic E-state index is 12.9. The van der Waals surface area contributed by atoms with E-state index in [1.807, 2.05) is 24.0 Å². The van der Waals surface area contributed by atoms with Gasteiger partial charge in [0.15, 0.2) is 0 Å². The fraction of sp³-hybridized carbons (Fsp3) is 0.455. The van der Waals surface area contributed by atoms with Gasteiger partial charge in [-0.3, -0.25) is 9.62 Å². The molecule has 3 rings (SSSR count). The van der Waals surface area contributed by atoms with Gasteiger partial charge in [-0.25, -0.2) is 8.42 Å². The lowest BCUT2D eigenvalue weighted by molar-refractivity contribution is -0.00602. The van der Waals surface area contributed by atoms with Gasteiger partial charge in [-0.2, -0.15) is 0 Å². The second kappa shape index (κ2) is 9.71. The van der Waals surface area contributed by atoms with E-state index in [-0.39, 0.29) is 4.90 Å². The second-order valence-electron chi connectivity index (χ2n) is 7.58. The first kappa shape index (κ1) is 21.8. The zero-order chi connectivity index (χ0) is 20.9. The maximum absolute atomic E-state index is 12.9. The molecule has 7 heteroatoms. The summed E-state index contributed by atoms with van der Waals surface area (Å²) in [5.74, 6) is 0. The molecule has 2 aromatic carbocycles. The van der Waals surface area contributed by atoms with Gasteiger partial charge in [0.2, 0.25) is 0 Å². The quantitative estimate of drug-likeness (QED) is 0.615. The highest BCUT2D eigenvalue weighted by Crippen LogP contribution is 2.26. The zero-order valence-corrected chi connectivity index (χ0v) is 18.0. The molecule has 0 aromatic heterocycles. The Morgan fingerprint density at radius 1 is 1.14 bits per heavy atom. The van der Waals surface area contributed by atoms with E-state index < -0.39 is 16.3 Å². The van der Waals surface area contributed by atoms with Crippen molar-refractivity contribution in [2.24, 2.45) is 0 Å². The van der Waals surface area contributed by atoms with Gasteiger partial charge in [0.05, 0.1) is 4.90 Å². The second-order valence-corrected chi connectivity index (χ2v) is 9.27. The van der Waals surface area contributed by atoms with E-state index >= 15 is 0 Å². The van der Waals surface area contributed by atoms with Crippen molar-refractivity contribution in [3.05, 3.63) is 59.2 Å². The van der Waals surface area contributed by atoms with Gasteiger partial charge >= 0.3 is 0 Å². The average molecular weight is 418 g/mol. The minimum absolute atomic E-state index is 0.155. The Balaban J connectivity index is 1.78. The molecule has 3 N–H and O–H groups in total. The number of unbranched alkanes of at least 4 members (excludes halogenated alkanes) is 1. The van der Waals surface area contributed by atoms with E-state index in [0.29, 0.717) is 11.3 Å². The summed E-state index contributed by atoms with van der Waals surface area (Å²) in [6.45, 7) is 7.10. The number of nitrogens with zero attached hydrogens (tertiary/aromatic N) is 1. The number of nitrogens with one attached hydrogen (secondary N) is 2. The molecule has 0 bridgehead atoms. The number of hydrogen-bond acceptors (Lipinski definition) is 5. The lowest BCUT2D eigenvalue weighted by Gasteiger charge is -2.32. The summed E-state index contributed by atoms with van der Waals surface area (Å²) in [5, 5.41) is 14.0. The molecule has 1 aliphatic heterocycles. The molecule has 158 valence electrons. The topological polar surface area (TPSA) is 81.7 Å². The number of piperazine rings is 1. The van der Waals surface area contributed by atoms with Crippen molar-refractivity contribution in [2.75, 3.05) is 30.9 Å². The van der Waals surface area contributed by atoms with E-state index in [0.717, 1.165) is 51.0 Å². The minimum Gasteiger partial charge on any atom is -0.374 e. The molecule has 0 spiro atoms. The van der Waals surface area contributed by atoms with E-state index in [9.17, 15) is 13.5 Å². The Morgan fingerprint density at radius 2 is 1.83 bits per heavy atom. The molecule has 1 atom stereocenters. The van der Waals surface area contributed by atoms with Gasteiger partial charge < -0.3 is 10.4 Å². The van der Waals surface area contributed by atoms with Crippen molar-refractivity contribution in [3.63, 3.8) is 0 Å². The Labute approximate surface area is 174 Å². The van der Waals surface area contributed by atoms with E-state index in [1.54, 1.807) is 30.3 Å². The molecule has 6 nitrogen and oxygen atoms in total. The van der Waals surface area contributed by atoms with E-state index in [4.69, 9.17) is 0 Å². The van der Waals surface area contributed by atoms with Gasteiger partial charge in [-0.05, 0) is 60.7 Å².